The molecule has 8 nitrogen and oxygen atoms in total. The number of anilines is 1. The molecule has 2 aromatic rings. The van der Waals surface area contributed by atoms with Crippen LogP contribution in [0.2, 0.25) is 10.0 Å². The van der Waals surface area contributed by atoms with Gasteiger partial charge in [-0.25, -0.2) is 13.4 Å². The van der Waals surface area contributed by atoms with Gasteiger partial charge in [0.05, 0.1) is 39.2 Å². The van der Waals surface area contributed by atoms with Gasteiger partial charge in [-0.2, -0.15) is 0 Å². The maximum absolute atomic E-state index is 13.2. The van der Waals surface area contributed by atoms with E-state index in [4.69, 9.17) is 27.9 Å². The molecule has 2 N–H and O–H groups in total. The van der Waals surface area contributed by atoms with E-state index >= 15 is 0 Å². The summed E-state index contributed by atoms with van der Waals surface area (Å²) in [7, 11) is -4.00. The Morgan fingerprint density at radius 2 is 2.03 bits per heavy atom. The summed E-state index contributed by atoms with van der Waals surface area (Å²) in [5.74, 6) is -0.408. The number of aliphatic hydroxyl groups is 1. The SMILES string of the molecule is CC(C)(CO)NC(=O)c1cnc2c(c1)N(S(=O)(=O)c1ccc(Cl)c(Cl)c1)CCO2. The van der Waals surface area contributed by atoms with Gasteiger partial charge in [-0.1, -0.05) is 23.2 Å². The van der Waals surface area contributed by atoms with Gasteiger partial charge >= 0.3 is 0 Å². The number of nitrogens with one attached hydrogen (secondary N) is 1. The molecule has 0 radical (unpaired) electrons. The third-order valence-corrected chi connectivity index (χ3v) is 6.77. The normalized spacial score (nSPS) is 14.2. The second kappa shape index (κ2) is 7.98. The van der Waals surface area contributed by atoms with Crippen LogP contribution >= 0.6 is 23.2 Å². The molecule has 29 heavy (non-hydrogen) atoms. The summed E-state index contributed by atoms with van der Waals surface area (Å²) < 4.78 is 32.9. The van der Waals surface area contributed by atoms with Gasteiger partial charge in [0.15, 0.2) is 0 Å². The Morgan fingerprint density at radius 3 is 2.69 bits per heavy atom. The molecule has 0 atom stereocenters. The predicted octanol–water partition coefficient (Wildman–Crippen LogP) is 2.48. The number of hydrogen-bond acceptors (Lipinski definition) is 6. The first-order valence-electron chi connectivity index (χ1n) is 8.59. The van der Waals surface area contributed by atoms with Crippen molar-refractivity contribution in [2.24, 2.45) is 0 Å². The van der Waals surface area contributed by atoms with Crippen molar-refractivity contribution < 1.29 is 23.1 Å². The fourth-order valence-corrected chi connectivity index (χ4v) is 4.46. The van der Waals surface area contributed by atoms with Crippen LogP contribution in [0.1, 0.15) is 24.2 Å². The maximum atomic E-state index is 13.2. The first kappa shape index (κ1) is 21.6. The van der Waals surface area contributed by atoms with E-state index < -0.39 is 21.5 Å². The minimum absolute atomic E-state index is 0.0322. The van der Waals surface area contributed by atoms with Crippen molar-refractivity contribution in [3.63, 3.8) is 0 Å². The van der Waals surface area contributed by atoms with Gasteiger partial charge < -0.3 is 15.2 Å². The zero-order valence-electron chi connectivity index (χ0n) is 15.6. The highest BCUT2D eigenvalue weighted by Crippen LogP contribution is 2.35. The fourth-order valence-electron chi connectivity index (χ4n) is 2.63. The van der Waals surface area contributed by atoms with E-state index in [1.165, 1.54) is 30.5 Å². The molecule has 0 spiro atoms. The van der Waals surface area contributed by atoms with E-state index in [0.717, 1.165) is 4.31 Å². The lowest BCUT2D eigenvalue weighted by Gasteiger charge is -2.30. The number of hydrogen-bond donors (Lipinski definition) is 2. The Bertz CT molecular complexity index is 1060. The number of sulfonamides is 1. The first-order valence-corrected chi connectivity index (χ1v) is 10.8. The molecule has 3 rings (SSSR count). The monoisotopic (exact) mass is 459 g/mol. The molecule has 1 aliphatic heterocycles. The molecule has 0 unspecified atom stereocenters. The molecular formula is C18H19Cl2N3O5S. The van der Waals surface area contributed by atoms with E-state index in [9.17, 15) is 18.3 Å². The van der Waals surface area contributed by atoms with E-state index in [-0.39, 0.29) is 51.8 Å². The number of amides is 1. The molecule has 11 heteroatoms. The molecule has 0 bridgehead atoms. The van der Waals surface area contributed by atoms with Gasteiger partial charge in [-0.05, 0) is 38.1 Å². The lowest BCUT2D eigenvalue weighted by molar-refractivity contribution is 0.0869. The van der Waals surface area contributed by atoms with E-state index in [1.54, 1.807) is 13.8 Å². The Balaban J connectivity index is 2.01. The van der Waals surface area contributed by atoms with Crippen LogP contribution in [0.4, 0.5) is 5.69 Å². The lowest BCUT2D eigenvalue weighted by Crippen LogP contribution is -2.46. The molecule has 2 heterocycles. The van der Waals surface area contributed by atoms with Crippen molar-refractivity contribution in [1.29, 1.82) is 0 Å². The van der Waals surface area contributed by atoms with Gasteiger partial charge in [0.2, 0.25) is 5.88 Å². The van der Waals surface area contributed by atoms with Crippen LogP contribution in [0.5, 0.6) is 5.88 Å². The van der Waals surface area contributed by atoms with Crippen LogP contribution in [0.15, 0.2) is 35.4 Å². The highest BCUT2D eigenvalue weighted by Gasteiger charge is 2.32. The molecule has 0 saturated carbocycles. The van der Waals surface area contributed by atoms with Gasteiger partial charge in [-0.15, -0.1) is 0 Å². The predicted molar refractivity (Wildman–Crippen MR) is 109 cm³/mol. The zero-order chi connectivity index (χ0) is 21.4. The van der Waals surface area contributed by atoms with Crippen LogP contribution in [0.3, 0.4) is 0 Å². The topological polar surface area (TPSA) is 109 Å². The number of fused-ring (bicyclic) bond motifs is 1. The molecular weight excluding hydrogens is 441 g/mol. The lowest BCUT2D eigenvalue weighted by atomic mass is 10.1. The number of carbonyl (C=O) groups is 1. The number of benzene rings is 1. The maximum Gasteiger partial charge on any atom is 0.264 e. The van der Waals surface area contributed by atoms with Crippen molar-refractivity contribution in [1.82, 2.24) is 10.3 Å². The van der Waals surface area contributed by atoms with Crippen molar-refractivity contribution in [3.05, 3.63) is 46.1 Å². The number of ether oxygens (including phenoxy) is 1. The van der Waals surface area contributed by atoms with Crippen molar-refractivity contribution in [3.8, 4) is 5.88 Å². The van der Waals surface area contributed by atoms with Crippen LogP contribution in [-0.2, 0) is 10.0 Å². The van der Waals surface area contributed by atoms with Gasteiger partial charge in [0.1, 0.15) is 12.3 Å². The number of nitrogens with zero attached hydrogens (tertiary/aromatic N) is 2. The number of pyridine rings is 1. The second-order valence-electron chi connectivity index (χ2n) is 7.05. The summed E-state index contributed by atoms with van der Waals surface area (Å²) in [6, 6.07) is 5.41. The summed E-state index contributed by atoms with van der Waals surface area (Å²) in [6.07, 6.45) is 1.29. The van der Waals surface area contributed by atoms with Crippen molar-refractivity contribution >= 4 is 44.8 Å². The van der Waals surface area contributed by atoms with E-state index in [1.807, 2.05) is 0 Å². The summed E-state index contributed by atoms with van der Waals surface area (Å²) >= 11 is 11.9. The minimum Gasteiger partial charge on any atom is -0.474 e. The number of carbonyl (C=O) groups excluding carboxylic acids is 1. The molecule has 0 saturated heterocycles. The second-order valence-corrected chi connectivity index (χ2v) is 9.72. The van der Waals surface area contributed by atoms with Crippen molar-refractivity contribution in [2.45, 2.75) is 24.3 Å². The summed E-state index contributed by atoms with van der Waals surface area (Å²) in [5.41, 5.74) is -0.586. The third-order valence-electron chi connectivity index (χ3n) is 4.22. The van der Waals surface area contributed by atoms with Gasteiger partial charge in [-0.3, -0.25) is 9.10 Å². The van der Waals surface area contributed by atoms with Gasteiger partial charge in [0.25, 0.3) is 15.9 Å². The zero-order valence-corrected chi connectivity index (χ0v) is 18.0. The molecule has 156 valence electrons. The van der Waals surface area contributed by atoms with Gasteiger partial charge in [0, 0.05) is 6.20 Å². The number of rotatable bonds is 5. The van der Waals surface area contributed by atoms with E-state index in [0.29, 0.717) is 0 Å². The highest BCUT2D eigenvalue weighted by molar-refractivity contribution is 7.92. The molecule has 0 aliphatic carbocycles. The summed E-state index contributed by atoms with van der Waals surface area (Å²) in [5, 5.41) is 12.3. The van der Waals surface area contributed by atoms with Crippen molar-refractivity contribution in [2.75, 3.05) is 24.1 Å². The minimum atomic E-state index is -4.00. The molecule has 1 amide bonds. The fraction of sp³-hybridized carbons (Fsp3) is 0.333. The molecule has 1 aliphatic rings. The Hall–Kier alpha value is -2.07. The number of halogens is 2. The Labute approximate surface area is 178 Å². The first-order chi connectivity index (χ1) is 13.5. The average Bonchev–Trinajstić information content (AvgIpc) is 2.68. The van der Waals surface area contributed by atoms with Crippen LogP contribution in [0.25, 0.3) is 0 Å². The smallest absolute Gasteiger partial charge is 0.264 e. The standard InChI is InChI=1S/C18H19Cl2N3O5S/c1-18(2,10-24)22-16(25)11-7-15-17(21-9-11)28-6-5-23(15)29(26,27)12-3-4-13(19)14(20)8-12/h3-4,7-9,24H,5-6,10H2,1-2H3,(H,22,25). The highest BCUT2D eigenvalue weighted by atomic mass is 35.5. The van der Waals surface area contributed by atoms with Crippen LogP contribution in [0, 0.1) is 0 Å². The Kier molecular flexibility index (Phi) is 5.96. The van der Waals surface area contributed by atoms with E-state index in [2.05, 4.69) is 10.3 Å². The molecule has 1 aromatic heterocycles. The third kappa shape index (κ3) is 4.42. The summed E-state index contributed by atoms with van der Waals surface area (Å²) in [4.78, 5) is 16.6. The number of aliphatic hydroxyl groups excluding tert-OH is 1. The largest absolute Gasteiger partial charge is 0.474 e. The summed E-state index contributed by atoms with van der Waals surface area (Å²) in [6.45, 7) is 3.17. The molecule has 0 fully saturated rings. The number of aromatic nitrogens is 1. The van der Waals surface area contributed by atoms with Crippen LogP contribution < -0.4 is 14.4 Å². The average molecular weight is 460 g/mol. The quantitative estimate of drug-likeness (QED) is 0.710. The molecule has 1 aromatic carbocycles. The van der Waals surface area contributed by atoms with Crippen LogP contribution in [-0.4, -0.2) is 49.7 Å². The Morgan fingerprint density at radius 1 is 1.31 bits per heavy atom.